The van der Waals surface area contributed by atoms with Crippen LogP contribution >= 0.6 is 11.3 Å². The lowest BCUT2D eigenvalue weighted by atomic mass is 10.1. The normalized spacial score (nSPS) is 14.6. The molecule has 5 rings (SSSR count). The van der Waals surface area contributed by atoms with E-state index in [2.05, 4.69) is 30.9 Å². The SMILES string of the molecule is CCOc1cccc2cc(C(=O)N(CCCN3CCOCC3)c3nc4c(C)cc(C)cc4s3)oc12. The number of furan rings is 1. The number of fused-ring (bicyclic) bond motifs is 2. The number of benzene rings is 2. The van der Waals surface area contributed by atoms with Gasteiger partial charge >= 0.3 is 0 Å². The zero-order chi connectivity index (χ0) is 24.4. The summed E-state index contributed by atoms with van der Waals surface area (Å²) >= 11 is 1.55. The van der Waals surface area contributed by atoms with Crippen molar-refractivity contribution in [1.29, 1.82) is 0 Å². The second-order valence-corrected chi connectivity index (χ2v) is 9.92. The van der Waals surface area contributed by atoms with Crippen molar-refractivity contribution in [3.8, 4) is 5.75 Å². The molecule has 0 radical (unpaired) electrons. The quantitative estimate of drug-likeness (QED) is 0.326. The molecule has 4 aromatic rings. The molecule has 184 valence electrons. The highest BCUT2D eigenvalue weighted by Gasteiger charge is 2.26. The number of aromatic nitrogens is 1. The highest BCUT2D eigenvalue weighted by molar-refractivity contribution is 7.22. The van der Waals surface area contributed by atoms with Gasteiger partial charge in [0, 0.05) is 31.6 Å². The Labute approximate surface area is 209 Å². The molecule has 1 saturated heterocycles. The molecule has 0 bridgehead atoms. The lowest BCUT2D eigenvalue weighted by Crippen LogP contribution is -2.39. The number of para-hydroxylation sites is 1. The molecule has 1 fully saturated rings. The van der Waals surface area contributed by atoms with Crippen LogP contribution in [-0.4, -0.2) is 61.8 Å². The van der Waals surface area contributed by atoms with Crippen LogP contribution in [0.2, 0.25) is 0 Å². The number of carbonyl (C=O) groups excluding carboxylic acids is 1. The lowest BCUT2D eigenvalue weighted by Gasteiger charge is -2.27. The number of rotatable bonds is 8. The van der Waals surface area contributed by atoms with Crippen molar-refractivity contribution in [3.05, 3.63) is 53.3 Å². The zero-order valence-corrected chi connectivity index (χ0v) is 21.3. The maximum atomic E-state index is 13.8. The fourth-order valence-corrected chi connectivity index (χ4v) is 5.75. The molecule has 1 aliphatic heterocycles. The molecule has 2 aromatic heterocycles. The molecule has 35 heavy (non-hydrogen) atoms. The first kappa shape index (κ1) is 23.8. The van der Waals surface area contributed by atoms with Crippen molar-refractivity contribution in [2.24, 2.45) is 0 Å². The second-order valence-electron chi connectivity index (χ2n) is 8.91. The van der Waals surface area contributed by atoms with E-state index >= 15 is 0 Å². The average Bonchev–Trinajstić information content (AvgIpc) is 3.48. The van der Waals surface area contributed by atoms with Crippen LogP contribution in [0.4, 0.5) is 5.13 Å². The number of ether oxygens (including phenoxy) is 2. The Balaban J connectivity index is 1.46. The van der Waals surface area contributed by atoms with E-state index in [1.807, 2.05) is 25.1 Å². The summed E-state index contributed by atoms with van der Waals surface area (Å²) in [4.78, 5) is 22.9. The summed E-state index contributed by atoms with van der Waals surface area (Å²) in [5.74, 6) is 0.763. The third kappa shape index (κ3) is 5.05. The molecular weight excluding hydrogens is 462 g/mol. The Bertz CT molecular complexity index is 1340. The molecule has 0 unspecified atom stereocenters. The summed E-state index contributed by atoms with van der Waals surface area (Å²) in [6.45, 7) is 11.5. The van der Waals surface area contributed by atoms with Crippen LogP contribution in [0.5, 0.6) is 5.75 Å². The monoisotopic (exact) mass is 493 g/mol. The van der Waals surface area contributed by atoms with Gasteiger partial charge in [-0.2, -0.15) is 0 Å². The molecule has 0 saturated carbocycles. The maximum absolute atomic E-state index is 13.8. The summed E-state index contributed by atoms with van der Waals surface area (Å²) in [5, 5.41) is 1.55. The van der Waals surface area contributed by atoms with Crippen LogP contribution < -0.4 is 9.64 Å². The van der Waals surface area contributed by atoms with E-state index in [1.54, 1.807) is 22.3 Å². The number of amides is 1. The van der Waals surface area contributed by atoms with Crippen molar-refractivity contribution in [2.45, 2.75) is 27.2 Å². The Hall–Kier alpha value is -2.94. The first-order valence-electron chi connectivity index (χ1n) is 12.2. The van der Waals surface area contributed by atoms with Gasteiger partial charge in [0.15, 0.2) is 22.2 Å². The van der Waals surface area contributed by atoms with Crippen LogP contribution in [-0.2, 0) is 4.74 Å². The predicted octanol–water partition coefficient (Wildman–Crippen LogP) is 5.43. The van der Waals surface area contributed by atoms with Crippen molar-refractivity contribution in [2.75, 3.05) is 50.9 Å². The third-order valence-electron chi connectivity index (χ3n) is 6.27. The zero-order valence-electron chi connectivity index (χ0n) is 20.5. The van der Waals surface area contributed by atoms with E-state index in [0.29, 0.717) is 35.4 Å². The van der Waals surface area contributed by atoms with Crippen LogP contribution in [0.25, 0.3) is 21.2 Å². The van der Waals surface area contributed by atoms with Crippen LogP contribution in [0.15, 0.2) is 40.8 Å². The Kier molecular flexibility index (Phi) is 7.04. The molecule has 8 heteroatoms. The number of hydrogen-bond acceptors (Lipinski definition) is 7. The van der Waals surface area contributed by atoms with Crippen LogP contribution in [0.3, 0.4) is 0 Å². The van der Waals surface area contributed by atoms with Gasteiger partial charge in [0.25, 0.3) is 5.91 Å². The minimum absolute atomic E-state index is 0.181. The van der Waals surface area contributed by atoms with E-state index in [9.17, 15) is 4.79 Å². The van der Waals surface area contributed by atoms with Crippen molar-refractivity contribution in [1.82, 2.24) is 9.88 Å². The van der Waals surface area contributed by atoms with Gasteiger partial charge in [0.05, 0.1) is 30.0 Å². The third-order valence-corrected chi connectivity index (χ3v) is 7.30. The van der Waals surface area contributed by atoms with E-state index in [-0.39, 0.29) is 5.91 Å². The number of morpholine rings is 1. The van der Waals surface area contributed by atoms with Crippen LogP contribution in [0.1, 0.15) is 35.0 Å². The van der Waals surface area contributed by atoms with Gasteiger partial charge in [-0.3, -0.25) is 14.6 Å². The van der Waals surface area contributed by atoms with Gasteiger partial charge in [-0.05, 0) is 56.5 Å². The maximum Gasteiger partial charge on any atom is 0.295 e. The van der Waals surface area contributed by atoms with Crippen LogP contribution in [0, 0.1) is 13.8 Å². The van der Waals surface area contributed by atoms with Gasteiger partial charge < -0.3 is 13.9 Å². The summed E-state index contributed by atoms with van der Waals surface area (Å²) in [6, 6.07) is 11.8. The molecule has 2 aromatic carbocycles. The number of anilines is 1. The second kappa shape index (κ2) is 10.4. The number of nitrogens with zero attached hydrogens (tertiary/aromatic N) is 3. The summed E-state index contributed by atoms with van der Waals surface area (Å²) in [6.07, 6.45) is 0.837. The number of aryl methyl sites for hydroxylation is 2. The molecular formula is C27H31N3O4S. The fourth-order valence-electron chi connectivity index (χ4n) is 4.58. The predicted molar refractivity (Wildman–Crippen MR) is 140 cm³/mol. The average molecular weight is 494 g/mol. The number of hydrogen-bond donors (Lipinski definition) is 0. The summed E-state index contributed by atoms with van der Waals surface area (Å²) < 4.78 is 18.3. The smallest absolute Gasteiger partial charge is 0.295 e. The van der Waals surface area contributed by atoms with E-state index in [4.69, 9.17) is 18.9 Å². The van der Waals surface area contributed by atoms with E-state index in [1.165, 1.54) is 5.56 Å². The minimum atomic E-state index is -0.181. The van der Waals surface area contributed by atoms with Crippen molar-refractivity contribution >= 4 is 43.6 Å². The van der Waals surface area contributed by atoms with Gasteiger partial charge in [-0.25, -0.2) is 4.98 Å². The Morgan fingerprint density at radius 1 is 1.20 bits per heavy atom. The first-order chi connectivity index (χ1) is 17.0. The molecule has 0 atom stereocenters. The van der Waals surface area contributed by atoms with E-state index < -0.39 is 0 Å². The molecule has 0 N–H and O–H groups in total. The largest absolute Gasteiger partial charge is 0.490 e. The molecule has 7 nitrogen and oxygen atoms in total. The van der Waals surface area contributed by atoms with Crippen molar-refractivity contribution in [3.63, 3.8) is 0 Å². The fraction of sp³-hybridized carbons (Fsp3) is 0.407. The molecule has 0 spiro atoms. The number of carbonyl (C=O) groups is 1. The summed E-state index contributed by atoms with van der Waals surface area (Å²) in [7, 11) is 0. The van der Waals surface area contributed by atoms with E-state index in [0.717, 1.165) is 60.4 Å². The van der Waals surface area contributed by atoms with Gasteiger partial charge in [-0.1, -0.05) is 29.5 Å². The molecule has 1 amide bonds. The minimum Gasteiger partial charge on any atom is -0.490 e. The highest BCUT2D eigenvalue weighted by atomic mass is 32.1. The number of thiazole rings is 1. The summed E-state index contributed by atoms with van der Waals surface area (Å²) in [5.41, 5.74) is 3.86. The van der Waals surface area contributed by atoms with Gasteiger partial charge in [0.2, 0.25) is 0 Å². The standard InChI is InChI=1S/C27H31N3O4S/c1-4-33-21-8-5-7-20-17-22(34-25(20)21)26(31)30(10-6-9-29-11-13-32-14-12-29)27-28-24-19(3)15-18(2)16-23(24)35-27/h5,7-8,15-17H,4,6,9-14H2,1-3H3. The Morgan fingerprint density at radius 2 is 2.03 bits per heavy atom. The van der Waals surface area contributed by atoms with Gasteiger partial charge in [0.1, 0.15) is 0 Å². The van der Waals surface area contributed by atoms with Crippen molar-refractivity contribution < 1.29 is 18.7 Å². The topological polar surface area (TPSA) is 68.0 Å². The molecule has 1 aliphatic rings. The highest BCUT2D eigenvalue weighted by Crippen LogP contribution is 2.34. The van der Waals surface area contributed by atoms with Gasteiger partial charge in [-0.15, -0.1) is 0 Å². The lowest BCUT2D eigenvalue weighted by molar-refractivity contribution is 0.0376. The molecule has 3 heterocycles. The first-order valence-corrected chi connectivity index (χ1v) is 13.0. The molecule has 0 aliphatic carbocycles. The Morgan fingerprint density at radius 3 is 2.83 bits per heavy atom.